The second-order valence-electron chi connectivity index (χ2n) is 9.42. The lowest BCUT2D eigenvalue weighted by Crippen LogP contribution is -2.38. The second kappa shape index (κ2) is 10.8. The molecule has 0 spiro atoms. The van der Waals surface area contributed by atoms with E-state index in [0.717, 1.165) is 50.2 Å². The highest BCUT2D eigenvalue weighted by Crippen LogP contribution is 2.24. The maximum atomic E-state index is 12.4. The lowest BCUT2D eigenvalue weighted by atomic mass is 9.86. The zero-order chi connectivity index (χ0) is 23.1. The van der Waals surface area contributed by atoms with Crippen LogP contribution in [0, 0.1) is 0 Å². The van der Waals surface area contributed by atoms with Gasteiger partial charge in [0.1, 0.15) is 5.82 Å². The van der Waals surface area contributed by atoms with Crippen LogP contribution in [-0.2, 0) is 24.9 Å². The molecule has 1 atom stereocenters. The average Bonchev–Trinajstić information content (AvgIpc) is 3.10. The van der Waals surface area contributed by atoms with Crippen LogP contribution < -0.4 is 16.3 Å². The summed E-state index contributed by atoms with van der Waals surface area (Å²) < 4.78 is 3.38. The minimum absolute atomic E-state index is 0.000810. The molecule has 0 fully saturated rings. The van der Waals surface area contributed by atoms with Crippen LogP contribution in [0.5, 0.6) is 0 Å². The molecule has 1 aromatic heterocycles. The van der Waals surface area contributed by atoms with Gasteiger partial charge in [-0.25, -0.2) is 9.48 Å². The molecule has 1 unspecified atom stereocenters. The Hall–Kier alpha value is -2.61. The first-order valence-electron chi connectivity index (χ1n) is 11.8. The van der Waals surface area contributed by atoms with E-state index in [2.05, 4.69) is 53.6 Å². The van der Waals surface area contributed by atoms with Gasteiger partial charge in [0.05, 0.1) is 12.6 Å². The molecule has 8 nitrogen and oxygen atoms in total. The molecule has 176 valence electrons. The molecule has 0 saturated carbocycles. The number of nitrogens with one attached hydrogen (secondary N) is 2. The number of aliphatic hydroxyl groups is 1. The normalized spacial score (nSPS) is 15.3. The van der Waals surface area contributed by atoms with Gasteiger partial charge in [0, 0.05) is 32.6 Å². The summed E-state index contributed by atoms with van der Waals surface area (Å²) in [6.45, 7) is 11.6. The molecule has 0 saturated heterocycles. The van der Waals surface area contributed by atoms with Gasteiger partial charge in [0.25, 0.3) is 0 Å². The van der Waals surface area contributed by atoms with Crippen molar-refractivity contribution in [3.63, 3.8) is 0 Å². The van der Waals surface area contributed by atoms with Crippen molar-refractivity contribution in [2.24, 2.45) is 4.99 Å². The van der Waals surface area contributed by atoms with Gasteiger partial charge in [-0.2, -0.15) is 5.10 Å². The van der Waals surface area contributed by atoms with E-state index >= 15 is 0 Å². The van der Waals surface area contributed by atoms with Crippen LogP contribution in [0.15, 0.2) is 34.1 Å². The average molecular weight is 443 g/mol. The van der Waals surface area contributed by atoms with Crippen molar-refractivity contribution in [1.29, 1.82) is 0 Å². The van der Waals surface area contributed by atoms with Gasteiger partial charge in [-0.15, -0.1) is 0 Å². The molecule has 1 aromatic carbocycles. The summed E-state index contributed by atoms with van der Waals surface area (Å²) in [4.78, 5) is 16.9. The number of nitrogens with zero attached hydrogens (tertiary/aromatic N) is 4. The number of rotatable bonds is 8. The van der Waals surface area contributed by atoms with Gasteiger partial charge in [0.2, 0.25) is 0 Å². The summed E-state index contributed by atoms with van der Waals surface area (Å²) in [5.74, 6) is 1.57. The Kier molecular flexibility index (Phi) is 8.12. The van der Waals surface area contributed by atoms with Crippen molar-refractivity contribution >= 4 is 5.96 Å². The number of aliphatic imine (C=N–C) groups is 1. The van der Waals surface area contributed by atoms with Crippen molar-refractivity contribution in [1.82, 2.24) is 25.0 Å². The molecule has 2 aromatic rings. The van der Waals surface area contributed by atoms with Crippen LogP contribution >= 0.6 is 0 Å². The number of guanidine groups is 1. The minimum Gasteiger partial charge on any atom is -0.386 e. The first kappa shape index (κ1) is 24.0. The first-order chi connectivity index (χ1) is 15.3. The van der Waals surface area contributed by atoms with Crippen molar-refractivity contribution in [3.8, 4) is 0 Å². The van der Waals surface area contributed by atoms with E-state index < -0.39 is 6.10 Å². The van der Waals surface area contributed by atoms with E-state index in [1.807, 2.05) is 19.1 Å². The fourth-order valence-corrected chi connectivity index (χ4v) is 3.86. The monoisotopic (exact) mass is 442 g/mol. The Morgan fingerprint density at radius 1 is 1.22 bits per heavy atom. The molecule has 32 heavy (non-hydrogen) atoms. The highest BCUT2D eigenvalue weighted by Gasteiger charge is 2.16. The van der Waals surface area contributed by atoms with E-state index in [1.54, 1.807) is 9.25 Å². The summed E-state index contributed by atoms with van der Waals surface area (Å²) in [5.41, 5.74) is 2.19. The van der Waals surface area contributed by atoms with Gasteiger partial charge in [-0.1, -0.05) is 45.0 Å². The van der Waals surface area contributed by atoms with Crippen LogP contribution in [0.2, 0.25) is 0 Å². The van der Waals surface area contributed by atoms with Crippen molar-refractivity contribution in [2.45, 2.75) is 78.0 Å². The SMILES string of the molecule is CCNC(=NCC(O)c1ccc(C(C)(C)C)cc1)NCCCn1nc2n(c1=O)CCCC2. The summed E-state index contributed by atoms with van der Waals surface area (Å²) in [6, 6.07) is 8.09. The number of benzene rings is 1. The van der Waals surface area contributed by atoms with Crippen LogP contribution in [0.3, 0.4) is 0 Å². The lowest BCUT2D eigenvalue weighted by molar-refractivity contribution is 0.187. The van der Waals surface area contributed by atoms with Crippen LogP contribution in [0.1, 0.15) is 70.0 Å². The standard InChI is InChI=1S/C24H38N6O2/c1-5-25-22(27-17-20(31)18-10-12-19(13-11-18)24(2,3)4)26-14-8-16-30-23(32)29-15-7-6-9-21(29)28-30/h10-13,20,31H,5-9,14-17H2,1-4H3,(H2,25,26,27). The summed E-state index contributed by atoms with van der Waals surface area (Å²) >= 11 is 0. The topological polar surface area (TPSA) is 96.5 Å². The number of hydrogen-bond donors (Lipinski definition) is 3. The zero-order valence-corrected chi connectivity index (χ0v) is 19.9. The highest BCUT2D eigenvalue weighted by molar-refractivity contribution is 5.79. The van der Waals surface area contributed by atoms with Crippen molar-refractivity contribution < 1.29 is 5.11 Å². The Labute approximate surface area is 190 Å². The molecule has 1 aliphatic rings. The number of hydrogen-bond acceptors (Lipinski definition) is 4. The minimum atomic E-state index is -0.657. The third-order valence-electron chi connectivity index (χ3n) is 5.80. The third kappa shape index (κ3) is 6.22. The first-order valence-corrected chi connectivity index (χ1v) is 11.8. The summed E-state index contributed by atoms with van der Waals surface area (Å²) in [6.07, 6.45) is 3.15. The van der Waals surface area contributed by atoms with Crippen molar-refractivity contribution in [2.75, 3.05) is 19.6 Å². The molecule has 3 rings (SSSR count). The molecule has 0 amide bonds. The van der Waals surface area contributed by atoms with Gasteiger partial charge >= 0.3 is 5.69 Å². The number of aryl methyl sites for hydroxylation is 2. The quantitative estimate of drug-likeness (QED) is 0.331. The van der Waals surface area contributed by atoms with Gasteiger partial charge < -0.3 is 15.7 Å². The van der Waals surface area contributed by atoms with Crippen molar-refractivity contribution in [3.05, 3.63) is 51.7 Å². The fraction of sp³-hybridized carbons (Fsp3) is 0.625. The summed E-state index contributed by atoms with van der Waals surface area (Å²) in [7, 11) is 0. The Bertz CT molecular complexity index is 952. The maximum Gasteiger partial charge on any atom is 0.345 e. The van der Waals surface area contributed by atoms with Crippen LogP contribution in [0.4, 0.5) is 0 Å². The van der Waals surface area contributed by atoms with E-state index in [9.17, 15) is 9.90 Å². The van der Waals surface area contributed by atoms with E-state index in [4.69, 9.17) is 0 Å². The lowest BCUT2D eigenvalue weighted by Gasteiger charge is -2.20. The predicted octanol–water partition coefficient (Wildman–Crippen LogP) is 2.36. The Morgan fingerprint density at radius 2 is 1.97 bits per heavy atom. The van der Waals surface area contributed by atoms with Gasteiger partial charge in [-0.3, -0.25) is 9.56 Å². The van der Waals surface area contributed by atoms with E-state index in [0.29, 0.717) is 19.0 Å². The molecule has 8 heteroatoms. The van der Waals surface area contributed by atoms with Crippen LogP contribution in [-0.4, -0.2) is 45.0 Å². The Morgan fingerprint density at radius 3 is 2.62 bits per heavy atom. The predicted molar refractivity (Wildman–Crippen MR) is 128 cm³/mol. The number of aliphatic hydroxyl groups excluding tert-OH is 1. The zero-order valence-electron chi connectivity index (χ0n) is 19.9. The highest BCUT2D eigenvalue weighted by atomic mass is 16.3. The molecule has 1 aliphatic heterocycles. The second-order valence-corrected chi connectivity index (χ2v) is 9.42. The molecule has 0 bridgehead atoms. The molecule has 0 radical (unpaired) electrons. The molecule has 3 N–H and O–H groups in total. The van der Waals surface area contributed by atoms with Crippen LogP contribution in [0.25, 0.3) is 0 Å². The van der Waals surface area contributed by atoms with E-state index in [-0.39, 0.29) is 17.6 Å². The smallest absolute Gasteiger partial charge is 0.345 e. The molecular formula is C24H38N6O2. The number of aromatic nitrogens is 3. The summed E-state index contributed by atoms with van der Waals surface area (Å²) in [5, 5.41) is 21.5. The van der Waals surface area contributed by atoms with Gasteiger partial charge in [0.15, 0.2) is 5.96 Å². The fourth-order valence-electron chi connectivity index (χ4n) is 3.86. The largest absolute Gasteiger partial charge is 0.386 e. The molecule has 2 heterocycles. The maximum absolute atomic E-state index is 12.4. The third-order valence-corrected chi connectivity index (χ3v) is 5.80. The van der Waals surface area contributed by atoms with Gasteiger partial charge in [-0.05, 0) is 42.7 Å². The molecular weight excluding hydrogens is 404 g/mol. The Balaban J connectivity index is 1.50. The van der Waals surface area contributed by atoms with E-state index in [1.165, 1.54) is 5.56 Å². The molecule has 0 aliphatic carbocycles. The number of fused-ring (bicyclic) bond motifs is 1.